The number of hydrogen-bond acceptors (Lipinski definition) is 10. The van der Waals surface area contributed by atoms with Gasteiger partial charge in [-0.1, -0.05) is 10.2 Å². The van der Waals surface area contributed by atoms with Gasteiger partial charge in [-0.3, -0.25) is 5.41 Å². The van der Waals surface area contributed by atoms with Crippen LogP contribution in [0, 0.1) is 11.3 Å². The van der Waals surface area contributed by atoms with E-state index >= 15 is 0 Å². The zero-order valence-electron chi connectivity index (χ0n) is 16.1. The molecule has 2 rings (SSSR count). The Morgan fingerprint density at radius 1 is 1.17 bits per heavy atom. The van der Waals surface area contributed by atoms with Gasteiger partial charge in [-0.15, -0.1) is 0 Å². The minimum absolute atomic E-state index is 0.0243. The molecule has 2 aliphatic rings. The van der Waals surface area contributed by atoms with E-state index in [4.69, 9.17) is 31.7 Å². The van der Waals surface area contributed by atoms with Gasteiger partial charge < -0.3 is 40.7 Å². The van der Waals surface area contributed by atoms with Gasteiger partial charge in [0.25, 0.3) is 0 Å². The van der Waals surface area contributed by atoms with Gasteiger partial charge in [-0.05, 0) is 30.3 Å². The third kappa shape index (κ3) is 5.10. The summed E-state index contributed by atoms with van der Waals surface area (Å²) >= 11 is 0. The number of aliphatic hydroxyl groups is 5. The van der Waals surface area contributed by atoms with Crippen molar-refractivity contribution >= 4 is 5.84 Å². The largest absolute Gasteiger partial charge is 0.391 e. The number of ether oxygens (including phenoxy) is 2. The molecule has 30 heavy (non-hydrogen) atoms. The highest BCUT2D eigenvalue weighted by atomic mass is 16.7. The lowest BCUT2D eigenvalue weighted by molar-refractivity contribution is -0.302. The zero-order chi connectivity index (χ0) is 22.6. The van der Waals surface area contributed by atoms with Crippen LogP contribution in [0.1, 0.15) is 19.8 Å². The fourth-order valence-corrected chi connectivity index (χ4v) is 3.84. The van der Waals surface area contributed by atoms with Gasteiger partial charge in [0, 0.05) is 16.2 Å². The van der Waals surface area contributed by atoms with Crippen molar-refractivity contribution in [2.45, 2.75) is 80.9 Å². The number of rotatable bonds is 7. The predicted octanol–water partition coefficient (Wildman–Crippen LogP) is -1.38. The van der Waals surface area contributed by atoms with Gasteiger partial charge in [0.05, 0.1) is 36.3 Å². The Morgan fingerprint density at radius 2 is 1.80 bits per heavy atom. The molecule has 1 aliphatic heterocycles. The number of nitrogens with one attached hydrogen (secondary N) is 1. The first-order valence-electron chi connectivity index (χ1n) is 9.24. The van der Waals surface area contributed by atoms with Gasteiger partial charge >= 0.3 is 0 Å². The first-order chi connectivity index (χ1) is 14.1. The van der Waals surface area contributed by atoms with E-state index < -0.39 is 67.0 Å². The Hall–Kier alpha value is -2.19. The van der Waals surface area contributed by atoms with Crippen LogP contribution in [-0.4, -0.2) is 92.5 Å². The second-order valence-electron chi connectivity index (χ2n) is 7.47. The van der Waals surface area contributed by atoms with E-state index in [1.54, 1.807) is 0 Å². The molecular weight excluding hydrogens is 404 g/mol. The van der Waals surface area contributed by atoms with Crippen LogP contribution in [0.4, 0.5) is 0 Å². The molecule has 15 heteroatoms. The summed E-state index contributed by atoms with van der Waals surface area (Å²) in [6.45, 7) is 1.31. The van der Waals surface area contributed by atoms with Crippen LogP contribution in [0.15, 0.2) is 10.2 Å². The van der Waals surface area contributed by atoms with Gasteiger partial charge in [0.1, 0.15) is 24.4 Å². The Kier molecular flexibility index (Phi) is 8.20. The third-order valence-corrected chi connectivity index (χ3v) is 5.33. The molecule has 1 aliphatic carbocycles. The molecule has 1 saturated heterocycles. The highest BCUT2D eigenvalue weighted by Gasteiger charge is 2.50. The van der Waals surface area contributed by atoms with E-state index in [1.807, 2.05) is 0 Å². The van der Waals surface area contributed by atoms with Crippen molar-refractivity contribution in [1.29, 1.82) is 5.41 Å². The maximum Gasteiger partial charge on any atom is 0.169 e. The molecule has 0 aromatic rings. The fraction of sp³-hybridized carbons (Fsp3) is 0.933. The van der Waals surface area contributed by atoms with Gasteiger partial charge in [-0.2, -0.15) is 0 Å². The van der Waals surface area contributed by atoms with Crippen molar-refractivity contribution in [2.75, 3.05) is 0 Å². The number of azide groups is 2. The quantitative estimate of drug-likeness (QED) is 0.0829. The molecule has 15 nitrogen and oxygen atoms in total. The van der Waals surface area contributed by atoms with E-state index in [0.717, 1.165) is 0 Å². The number of amidine groups is 1. The van der Waals surface area contributed by atoms with Crippen molar-refractivity contribution in [3.63, 3.8) is 0 Å². The molecule has 0 aromatic heterocycles. The number of hydrogen-bond donors (Lipinski definition) is 7. The number of aliphatic hydroxyl groups excluding tert-OH is 5. The van der Waals surface area contributed by atoms with Crippen molar-refractivity contribution in [1.82, 2.24) is 0 Å². The Labute approximate surface area is 170 Å². The number of nitrogens with two attached hydrogens (primary N) is 1. The molecule has 168 valence electrons. The normalized spacial score (nSPS) is 42.5. The highest BCUT2D eigenvalue weighted by Crippen LogP contribution is 2.35. The molecule has 2 fully saturated rings. The monoisotopic (exact) mass is 430 g/mol. The third-order valence-electron chi connectivity index (χ3n) is 5.33. The first kappa shape index (κ1) is 24.1. The lowest BCUT2D eigenvalue weighted by atomic mass is 9.77. The van der Waals surface area contributed by atoms with Crippen LogP contribution in [0.2, 0.25) is 0 Å². The molecule has 0 bridgehead atoms. The number of nitrogens with zero attached hydrogens (tertiary/aromatic N) is 6. The summed E-state index contributed by atoms with van der Waals surface area (Å²) < 4.78 is 11.1. The highest BCUT2D eigenvalue weighted by molar-refractivity contribution is 5.77. The van der Waals surface area contributed by atoms with Crippen molar-refractivity contribution in [3.8, 4) is 0 Å². The lowest BCUT2D eigenvalue weighted by Crippen LogP contribution is -2.63. The summed E-state index contributed by atoms with van der Waals surface area (Å²) in [7, 11) is 0. The summed E-state index contributed by atoms with van der Waals surface area (Å²) in [5.74, 6) is -0.896. The maximum absolute atomic E-state index is 10.6. The van der Waals surface area contributed by atoms with E-state index in [9.17, 15) is 25.5 Å². The van der Waals surface area contributed by atoms with Crippen LogP contribution in [0.25, 0.3) is 20.9 Å². The molecule has 0 spiro atoms. The van der Waals surface area contributed by atoms with E-state index in [2.05, 4.69) is 20.1 Å². The van der Waals surface area contributed by atoms with Crippen LogP contribution >= 0.6 is 0 Å². The minimum atomic E-state index is -1.66. The maximum atomic E-state index is 10.6. The average Bonchev–Trinajstić information content (AvgIpc) is 2.67. The van der Waals surface area contributed by atoms with Crippen LogP contribution < -0.4 is 5.73 Å². The molecule has 11 atom stereocenters. The van der Waals surface area contributed by atoms with Gasteiger partial charge in [-0.25, -0.2) is 0 Å². The topological polar surface area (TPSA) is 267 Å². The van der Waals surface area contributed by atoms with Gasteiger partial charge in [0.2, 0.25) is 0 Å². The molecule has 0 radical (unpaired) electrons. The lowest BCUT2D eigenvalue weighted by Gasteiger charge is -2.46. The minimum Gasteiger partial charge on any atom is -0.391 e. The van der Waals surface area contributed by atoms with Gasteiger partial charge in [0.15, 0.2) is 6.29 Å². The Morgan fingerprint density at radius 3 is 2.33 bits per heavy atom. The first-order valence-corrected chi connectivity index (χ1v) is 9.24. The Bertz CT molecular complexity index is 713. The second kappa shape index (κ2) is 10.2. The summed E-state index contributed by atoms with van der Waals surface area (Å²) in [6.07, 6.45) is -11.6. The SMILES string of the molecule is C[C@@H](O)C1O[C@H](O[C@@H]2C(N=[N+]=[N-])C[C@@H](CC(=N)N)C(O)[C@H]2O)C(N=[N+]=[N-])[C@@H](O)[C@@H]1O. The molecule has 1 heterocycles. The van der Waals surface area contributed by atoms with E-state index in [0.29, 0.717) is 0 Å². The van der Waals surface area contributed by atoms with Crippen molar-refractivity contribution in [3.05, 3.63) is 20.9 Å². The molecule has 4 unspecified atom stereocenters. The zero-order valence-corrected chi connectivity index (χ0v) is 16.1. The predicted molar refractivity (Wildman–Crippen MR) is 99.7 cm³/mol. The molecule has 1 saturated carbocycles. The van der Waals surface area contributed by atoms with Crippen LogP contribution in [0.5, 0.6) is 0 Å². The molecule has 8 N–H and O–H groups in total. The summed E-state index contributed by atoms with van der Waals surface area (Å²) in [5.41, 5.74) is 23.0. The van der Waals surface area contributed by atoms with Crippen LogP contribution in [-0.2, 0) is 9.47 Å². The Balaban J connectivity index is 2.31. The summed E-state index contributed by atoms with van der Waals surface area (Å²) in [6, 6.07) is -2.46. The summed E-state index contributed by atoms with van der Waals surface area (Å²) in [4.78, 5) is 5.31. The smallest absolute Gasteiger partial charge is 0.169 e. The molecule has 0 aromatic carbocycles. The van der Waals surface area contributed by atoms with Crippen molar-refractivity contribution in [2.24, 2.45) is 21.9 Å². The standard InChI is InChI=1S/C15H26N8O7/c1-4(24)13-12(28)10(26)8(21-23-19)15(29-13)30-14-6(20-22-18)2-5(3-7(16)17)9(25)11(14)27/h4-6,8-15,24-28H,2-3H2,1H3,(H3,16,17)/t4-,5+,6?,8?,9?,10-,11-,12+,13?,14-,15-/m1/s1. The van der Waals surface area contributed by atoms with Crippen molar-refractivity contribution < 1.29 is 35.0 Å². The summed E-state index contributed by atoms with van der Waals surface area (Å²) in [5, 5.41) is 65.6. The second-order valence-corrected chi connectivity index (χ2v) is 7.47. The van der Waals surface area contributed by atoms with E-state index in [1.165, 1.54) is 6.92 Å². The van der Waals surface area contributed by atoms with Crippen LogP contribution in [0.3, 0.4) is 0 Å². The molecule has 0 amide bonds. The fourth-order valence-electron chi connectivity index (χ4n) is 3.84. The van der Waals surface area contributed by atoms with E-state index in [-0.39, 0.29) is 18.7 Å². The average molecular weight is 430 g/mol. The molecular formula is C15H26N8O7.